The number of aliphatic hydroxyl groups is 1. The number of aliphatic hydroxyl groups excluding tert-OH is 1. The Hall–Kier alpha value is -1.42. The van der Waals surface area contributed by atoms with E-state index in [9.17, 15) is 9.90 Å². The number of nitrogens with one attached hydrogen (secondary N) is 1. The molecule has 0 saturated heterocycles. The fraction of sp³-hybridized carbons (Fsp3) is 0.571. The van der Waals surface area contributed by atoms with Gasteiger partial charge in [-0.15, -0.1) is 0 Å². The molecule has 1 fully saturated rings. The molecule has 4 heteroatoms. The van der Waals surface area contributed by atoms with Gasteiger partial charge < -0.3 is 10.4 Å². The van der Waals surface area contributed by atoms with Gasteiger partial charge in [-0.05, 0) is 43.7 Å². The van der Waals surface area contributed by atoms with Crippen LogP contribution in [0.4, 0.5) is 0 Å². The Morgan fingerprint density at radius 3 is 2.89 bits per heavy atom. The molecule has 2 N–H and O–H groups in total. The van der Waals surface area contributed by atoms with Crippen LogP contribution >= 0.6 is 0 Å². The zero-order chi connectivity index (χ0) is 13.1. The summed E-state index contributed by atoms with van der Waals surface area (Å²) in [5.74, 6) is 0.291. The third kappa shape index (κ3) is 2.70. The molecule has 0 spiro atoms. The van der Waals surface area contributed by atoms with E-state index in [-0.39, 0.29) is 18.1 Å². The Balaban J connectivity index is 2.00. The van der Waals surface area contributed by atoms with Crippen molar-refractivity contribution in [2.24, 2.45) is 5.92 Å². The predicted octanol–water partition coefficient (Wildman–Crippen LogP) is 1.67. The van der Waals surface area contributed by atoms with Crippen molar-refractivity contribution in [3.05, 3.63) is 29.6 Å². The van der Waals surface area contributed by atoms with Crippen molar-refractivity contribution >= 4 is 5.91 Å². The van der Waals surface area contributed by atoms with Crippen molar-refractivity contribution in [2.75, 3.05) is 0 Å². The van der Waals surface area contributed by atoms with Crippen LogP contribution in [-0.2, 0) is 0 Å². The largest absolute Gasteiger partial charge is 0.393 e. The Morgan fingerprint density at radius 1 is 1.61 bits per heavy atom. The number of nitrogens with zero attached hydrogens (tertiary/aromatic N) is 1. The summed E-state index contributed by atoms with van der Waals surface area (Å²) in [7, 11) is 0. The Morgan fingerprint density at radius 2 is 2.33 bits per heavy atom. The molecule has 18 heavy (non-hydrogen) atoms. The first-order chi connectivity index (χ1) is 8.61. The molecule has 0 aromatic carbocycles. The Bertz CT molecular complexity index is 428. The highest BCUT2D eigenvalue weighted by Gasteiger charge is 2.34. The van der Waals surface area contributed by atoms with Gasteiger partial charge in [0.2, 0.25) is 0 Å². The number of amides is 1. The lowest BCUT2D eigenvalue weighted by molar-refractivity contribution is 0.0232. The van der Waals surface area contributed by atoms with E-state index < -0.39 is 0 Å². The van der Waals surface area contributed by atoms with Gasteiger partial charge in [-0.3, -0.25) is 9.78 Å². The van der Waals surface area contributed by atoms with E-state index in [2.05, 4.69) is 17.2 Å². The quantitative estimate of drug-likeness (QED) is 0.852. The fourth-order valence-electron chi connectivity index (χ4n) is 2.47. The van der Waals surface area contributed by atoms with Gasteiger partial charge >= 0.3 is 0 Å². The lowest BCUT2D eigenvalue weighted by Crippen LogP contribution is -2.47. The van der Waals surface area contributed by atoms with Gasteiger partial charge in [-0.1, -0.05) is 13.0 Å². The van der Waals surface area contributed by atoms with Crippen LogP contribution in [0.3, 0.4) is 0 Å². The number of carbonyl (C=O) groups excluding carboxylic acids is 1. The van der Waals surface area contributed by atoms with Crippen LogP contribution in [0.25, 0.3) is 0 Å². The van der Waals surface area contributed by atoms with Crippen molar-refractivity contribution in [2.45, 2.75) is 45.3 Å². The van der Waals surface area contributed by atoms with Crippen molar-refractivity contribution < 1.29 is 9.90 Å². The number of hydrogen-bond acceptors (Lipinski definition) is 3. The molecule has 98 valence electrons. The second-order valence-corrected chi connectivity index (χ2v) is 5.04. The van der Waals surface area contributed by atoms with Gasteiger partial charge in [-0.25, -0.2) is 0 Å². The van der Waals surface area contributed by atoms with Gasteiger partial charge in [-0.2, -0.15) is 0 Å². The summed E-state index contributed by atoms with van der Waals surface area (Å²) in [4.78, 5) is 16.2. The van der Waals surface area contributed by atoms with E-state index in [1.165, 1.54) is 0 Å². The molecule has 1 saturated carbocycles. The molecule has 4 nitrogen and oxygen atoms in total. The number of carbonyl (C=O) groups is 1. The maximum absolute atomic E-state index is 12.1. The highest BCUT2D eigenvalue weighted by atomic mass is 16.3. The van der Waals surface area contributed by atoms with Gasteiger partial charge in [0.1, 0.15) is 5.69 Å². The van der Waals surface area contributed by atoms with Crippen molar-refractivity contribution in [1.29, 1.82) is 0 Å². The summed E-state index contributed by atoms with van der Waals surface area (Å²) < 4.78 is 0. The molecule has 0 radical (unpaired) electrons. The first kappa shape index (κ1) is 13.0. The van der Waals surface area contributed by atoms with E-state index in [0.717, 1.165) is 24.8 Å². The Kier molecular flexibility index (Phi) is 3.97. The fourth-order valence-corrected chi connectivity index (χ4v) is 2.47. The number of hydrogen-bond donors (Lipinski definition) is 2. The zero-order valence-electron chi connectivity index (χ0n) is 10.9. The van der Waals surface area contributed by atoms with Crippen LogP contribution in [-0.4, -0.2) is 28.1 Å². The molecule has 2 rings (SSSR count). The molecule has 1 aromatic heterocycles. The molecule has 0 unspecified atom stereocenters. The molecule has 1 atom stereocenters. The second kappa shape index (κ2) is 5.48. The van der Waals surface area contributed by atoms with Crippen LogP contribution in [0.2, 0.25) is 0 Å². The van der Waals surface area contributed by atoms with Gasteiger partial charge in [0, 0.05) is 12.2 Å². The molecule has 0 aliphatic heterocycles. The van der Waals surface area contributed by atoms with Crippen molar-refractivity contribution in [3.8, 4) is 0 Å². The maximum atomic E-state index is 12.1. The smallest absolute Gasteiger partial charge is 0.270 e. The van der Waals surface area contributed by atoms with E-state index >= 15 is 0 Å². The van der Waals surface area contributed by atoms with Gasteiger partial charge in [0.25, 0.3) is 5.91 Å². The molecule has 1 aromatic rings. The average Bonchev–Trinajstić information content (AvgIpc) is 2.33. The third-order valence-corrected chi connectivity index (χ3v) is 3.70. The van der Waals surface area contributed by atoms with Gasteiger partial charge in [0.05, 0.1) is 6.10 Å². The lowest BCUT2D eigenvalue weighted by Gasteiger charge is -2.37. The summed E-state index contributed by atoms with van der Waals surface area (Å²) in [6.45, 7) is 3.94. The first-order valence-corrected chi connectivity index (χ1v) is 6.52. The minimum atomic E-state index is -0.183. The van der Waals surface area contributed by atoms with Crippen LogP contribution in [0.5, 0.6) is 0 Å². The predicted molar refractivity (Wildman–Crippen MR) is 69.3 cm³/mol. The first-order valence-electron chi connectivity index (χ1n) is 6.52. The number of rotatable bonds is 4. The second-order valence-electron chi connectivity index (χ2n) is 5.04. The van der Waals surface area contributed by atoms with Crippen molar-refractivity contribution in [1.82, 2.24) is 10.3 Å². The highest BCUT2D eigenvalue weighted by molar-refractivity contribution is 5.93. The van der Waals surface area contributed by atoms with E-state index in [1.54, 1.807) is 6.20 Å². The lowest BCUT2D eigenvalue weighted by atomic mass is 9.76. The molecular weight excluding hydrogens is 228 g/mol. The third-order valence-electron chi connectivity index (χ3n) is 3.70. The zero-order valence-corrected chi connectivity index (χ0v) is 10.9. The molecule has 1 aliphatic rings. The standard InChI is InChI=1S/C14H20N2O2/c1-3-12(10-7-11(17)8-10)16-14(18)13-9(2)5-4-6-15-13/h4-6,10-12,17H,3,7-8H2,1-2H3,(H,16,18)/t10?,11?,12-/m1/s1. The summed E-state index contributed by atoms with van der Waals surface area (Å²) in [6, 6.07) is 3.85. The highest BCUT2D eigenvalue weighted by Crippen LogP contribution is 2.31. The summed E-state index contributed by atoms with van der Waals surface area (Å²) >= 11 is 0. The minimum absolute atomic E-state index is 0.110. The van der Waals surface area contributed by atoms with E-state index in [1.807, 2.05) is 19.1 Å². The van der Waals surface area contributed by atoms with E-state index in [0.29, 0.717) is 11.6 Å². The van der Waals surface area contributed by atoms with Crippen LogP contribution in [0, 0.1) is 12.8 Å². The maximum Gasteiger partial charge on any atom is 0.270 e. The normalized spacial score (nSPS) is 24.2. The van der Waals surface area contributed by atoms with Crippen LogP contribution in [0.15, 0.2) is 18.3 Å². The number of pyridine rings is 1. The average molecular weight is 248 g/mol. The van der Waals surface area contributed by atoms with Crippen LogP contribution in [0.1, 0.15) is 42.2 Å². The van der Waals surface area contributed by atoms with E-state index in [4.69, 9.17) is 0 Å². The molecule has 1 aliphatic carbocycles. The van der Waals surface area contributed by atoms with Crippen LogP contribution < -0.4 is 5.32 Å². The molecule has 0 bridgehead atoms. The van der Waals surface area contributed by atoms with Crippen molar-refractivity contribution in [3.63, 3.8) is 0 Å². The summed E-state index contributed by atoms with van der Waals surface area (Å²) in [5.41, 5.74) is 1.38. The molecule has 1 amide bonds. The topological polar surface area (TPSA) is 62.2 Å². The number of aromatic nitrogens is 1. The molecule has 1 heterocycles. The summed E-state index contributed by atoms with van der Waals surface area (Å²) in [6.07, 6.45) is 3.92. The SMILES string of the molecule is CC[C@@H](NC(=O)c1ncccc1C)C1CC(O)C1. The Labute approximate surface area is 107 Å². The number of aryl methyl sites for hydroxylation is 1. The molecular formula is C14H20N2O2. The summed E-state index contributed by atoms with van der Waals surface area (Å²) in [5, 5.41) is 12.4. The van der Waals surface area contributed by atoms with Gasteiger partial charge in [0.15, 0.2) is 0 Å². The minimum Gasteiger partial charge on any atom is -0.393 e. The monoisotopic (exact) mass is 248 g/mol.